The maximum atomic E-state index is 11.5. The van der Waals surface area contributed by atoms with Crippen molar-refractivity contribution in [2.75, 3.05) is 11.0 Å². The molecule has 1 aromatic heterocycles. The molecule has 3 nitrogen and oxygen atoms in total. The van der Waals surface area contributed by atoms with E-state index >= 15 is 0 Å². The highest BCUT2D eigenvalue weighted by atomic mass is 35.5. The van der Waals surface area contributed by atoms with Crippen molar-refractivity contribution in [1.29, 1.82) is 0 Å². The Labute approximate surface area is 168 Å². The molecule has 0 aliphatic heterocycles. The van der Waals surface area contributed by atoms with Gasteiger partial charge in [0.15, 0.2) is 0 Å². The molecule has 1 aliphatic carbocycles. The van der Waals surface area contributed by atoms with Crippen LogP contribution in [0.5, 0.6) is 0 Å². The van der Waals surface area contributed by atoms with E-state index in [0.717, 1.165) is 40.1 Å². The van der Waals surface area contributed by atoms with E-state index < -0.39 is 10.0 Å². The molecule has 0 bridgehead atoms. The van der Waals surface area contributed by atoms with Gasteiger partial charge in [0.25, 0.3) is 0 Å². The molecule has 2 aromatic carbocycles. The standard InChI is InChI=1S/C21H18ClNO2S2/c1-27(24,25)23-16-7-4-5-14(11-16)12-18-17-8-3-2-6-15(17)9-10-20-19(18)13-21(22)26-20/h2-8,11-13,23H,9-10H2,1H3/b18-12+. The van der Waals surface area contributed by atoms with Crippen molar-refractivity contribution in [2.24, 2.45) is 0 Å². The summed E-state index contributed by atoms with van der Waals surface area (Å²) in [6.07, 6.45) is 5.21. The van der Waals surface area contributed by atoms with Crippen molar-refractivity contribution in [1.82, 2.24) is 0 Å². The normalized spacial score (nSPS) is 15.1. The predicted molar refractivity (Wildman–Crippen MR) is 115 cm³/mol. The lowest BCUT2D eigenvalue weighted by Gasteiger charge is -2.11. The molecule has 0 atom stereocenters. The van der Waals surface area contributed by atoms with Gasteiger partial charge in [0.1, 0.15) is 0 Å². The van der Waals surface area contributed by atoms with E-state index in [1.54, 1.807) is 17.4 Å². The lowest BCUT2D eigenvalue weighted by Crippen LogP contribution is -2.09. The van der Waals surface area contributed by atoms with Gasteiger partial charge < -0.3 is 0 Å². The number of halogens is 1. The highest BCUT2D eigenvalue weighted by molar-refractivity contribution is 7.92. The second kappa shape index (κ2) is 7.15. The van der Waals surface area contributed by atoms with Crippen LogP contribution in [0.15, 0.2) is 54.6 Å². The van der Waals surface area contributed by atoms with Crippen molar-refractivity contribution < 1.29 is 8.42 Å². The van der Waals surface area contributed by atoms with Gasteiger partial charge in [-0.2, -0.15) is 0 Å². The van der Waals surface area contributed by atoms with E-state index in [2.05, 4.69) is 29.0 Å². The van der Waals surface area contributed by atoms with Gasteiger partial charge in [-0.25, -0.2) is 8.42 Å². The van der Waals surface area contributed by atoms with Gasteiger partial charge in [-0.15, -0.1) is 11.3 Å². The van der Waals surface area contributed by atoms with Gasteiger partial charge in [0, 0.05) is 10.6 Å². The molecule has 3 aromatic rings. The molecule has 1 heterocycles. The predicted octanol–water partition coefficient (Wildman–Crippen LogP) is 5.46. The zero-order valence-corrected chi connectivity index (χ0v) is 17.1. The molecular weight excluding hydrogens is 398 g/mol. The van der Waals surface area contributed by atoms with E-state index in [0.29, 0.717) is 5.69 Å². The second-order valence-corrected chi connectivity index (χ2v) is 10.1. The van der Waals surface area contributed by atoms with Crippen LogP contribution in [0.3, 0.4) is 0 Å². The minimum atomic E-state index is -3.31. The van der Waals surface area contributed by atoms with Crippen LogP contribution in [0, 0.1) is 0 Å². The molecule has 0 saturated heterocycles. The molecule has 1 aliphatic rings. The van der Waals surface area contributed by atoms with Crippen LogP contribution in [0.2, 0.25) is 4.34 Å². The topological polar surface area (TPSA) is 46.2 Å². The smallest absolute Gasteiger partial charge is 0.229 e. The van der Waals surface area contributed by atoms with E-state index in [4.69, 9.17) is 11.6 Å². The number of aryl methyl sites for hydroxylation is 2. The Hall–Kier alpha value is -2.08. The summed E-state index contributed by atoms with van der Waals surface area (Å²) in [5.74, 6) is 0. The van der Waals surface area contributed by atoms with E-state index in [9.17, 15) is 8.42 Å². The average molecular weight is 416 g/mol. The maximum Gasteiger partial charge on any atom is 0.229 e. The summed E-state index contributed by atoms with van der Waals surface area (Å²) in [5, 5.41) is 0. The third kappa shape index (κ3) is 4.10. The highest BCUT2D eigenvalue weighted by Crippen LogP contribution is 2.40. The molecule has 0 saturated carbocycles. The molecule has 0 radical (unpaired) electrons. The third-order valence-electron chi connectivity index (χ3n) is 4.50. The summed E-state index contributed by atoms with van der Waals surface area (Å²) in [7, 11) is -3.31. The van der Waals surface area contributed by atoms with Crippen LogP contribution in [-0.4, -0.2) is 14.7 Å². The Morgan fingerprint density at radius 3 is 2.67 bits per heavy atom. The van der Waals surface area contributed by atoms with Gasteiger partial charge in [-0.05, 0) is 64.9 Å². The zero-order valence-electron chi connectivity index (χ0n) is 14.7. The Balaban J connectivity index is 1.86. The number of hydrogen-bond acceptors (Lipinski definition) is 3. The number of fused-ring (bicyclic) bond motifs is 2. The minimum Gasteiger partial charge on any atom is -0.284 e. The summed E-state index contributed by atoms with van der Waals surface area (Å²) < 4.78 is 26.4. The molecule has 0 amide bonds. The number of nitrogens with one attached hydrogen (secondary N) is 1. The van der Waals surface area contributed by atoms with Crippen molar-refractivity contribution in [3.05, 3.63) is 86.1 Å². The van der Waals surface area contributed by atoms with Gasteiger partial charge in [0.2, 0.25) is 10.0 Å². The Bertz CT molecular complexity index is 1150. The van der Waals surface area contributed by atoms with Gasteiger partial charge in [-0.1, -0.05) is 48.0 Å². The monoisotopic (exact) mass is 415 g/mol. The van der Waals surface area contributed by atoms with Crippen LogP contribution in [0.4, 0.5) is 5.69 Å². The van der Waals surface area contributed by atoms with Crippen LogP contribution >= 0.6 is 22.9 Å². The van der Waals surface area contributed by atoms with Crippen molar-refractivity contribution in [3.63, 3.8) is 0 Å². The lowest BCUT2D eigenvalue weighted by molar-refractivity contribution is 0.607. The molecule has 0 unspecified atom stereocenters. The molecule has 138 valence electrons. The summed E-state index contributed by atoms with van der Waals surface area (Å²) in [4.78, 5) is 1.29. The van der Waals surface area contributed by atoms with Crippen molar-refractivity contribution in [3.8, 4) is 0 Å². The van der Waals surface area contributed by atoms with E-state index in [-0.39, 0.29) is 0 Å². The molecular formula is C21H18ClNO2S2. The zero-order chi connectivity index (χ0) is 19.0. The molecule has 4 rings (SSSR count). The first-order chi connectivity index (χ1) is 12.9. The number of rotatable bonds is 3. The van der Waals surface area contributed by atoms with Crippen LogP contribution in [-0.2, 0) is 22.9 Å². The van der Waals surface area contributed by atoms with Gasteiger partial charge >= 0.3 is 0 Å². The Kier molecular flexibility index (Phi) is 4.84. The van der Waals surface area contributed by atoms with E-state index in [1.165, 1.54) is 16.0 Å². The summed E-state index contributed by atoms with van der Waals surface area (Å²) in [6, 6.07) is 17.9. The maximum absolute atomic E-state index is 11.5. The number of sulfonamides is 1. The van der Waals surface area contributed by atoms with Crippen LogP contribution in [0.25, 0.3) is 11.6 Å². The second-order valence-electron chi connectivity index (χ2n) is 6.60. The third-order valence-corrected chi connectivity index (χ3v) is 6.43. The van der Waals surface area contributed by atoms with E-state index in [1.807, 2.05) is 30.3 Å². The first-order valence-corrected chi connectivity index (χ1v) is 11.6. The SMILES string of the molecule is CS(=O)(=O)Nc1cccc(/C=C2\c3ccccc3CCc3sc(Cl)cc32)c1. The first-order valence-electron chi connectivity index (χ1n) is 8.55. The quantitative estimate of drug-likeness (QED) is 0.617. The fourth-order valence-electron chi connectivity index (χ4n) is 3.43. The van der Waals surface area contributed by atoms with Gasteiger partial charge in [0.05, 0.1) is 10.6 Å². The van der Waals surface area contributed by atoms with Crippen molar-refractivity contribution in [2.45, 2.75) is 12.8 Å². The average Bonchev–Trinajstić information content (AvgIpc) is 2.91. The largest absolute Gasteiger partial charge is 0.284 e. The Morgan fingerprint density at radius 1 is 1.04 bits per heavy atom. The number of thiophene rings is 1. The number of anilines is 1. The lowest BCUT2D eigenvalue weighted by atomic mass is 9.94. The highest BCUT2D eigenvalue weighted by Gasteiger charge is 2.20. The fourth-order valence-corrected chi connectivity index (χ4v) is 5.27. The fraction of sp³-hybridized carbons (Fsp3) is 0.143. The summed E-state index contributed by atoms with van der Waals surface area (Å²) >= 11 is 7.94. The van der Waals surface area contributed by atoms with Crippen LogP contribution < -0.4 is 4.72 Å². The summed E-state index contributed by atoms with van der Waals surface area (Å²) in [5.41, 5.74) is 6.29. The molecule has 0 fully saturated rings. The minimum absolute atomic E-state index is 0.553. The molecule has 27 heavy (non-hydrogen) atoms. The molecule has 1 N–H and O–H groups in total. The Morgan fingerprint density at radius 2 is 1.85 bits per heavy atom. The number of hydrogen-bond donors (Lipinski definition) is 1. The number of benzene rings is 2. The molecule has 0 spiro atoms. The van der Waals surface area contributed by atoms with Crippen LogP contribution in [0.1, 0.15) is 27.1 Å². The van der Waals surface area contributed by atoms with Gasteiger partial charge in [-0.3, -0.25) is 4.72 Å². The molecule has 6 heteroatoms. The summed E-state index contributed by atoms with van der Waals surface area (Å²) in [6.45, 7) is 0. The first kappa shape index (κ1) is 18.3. The van der Waals surface area contributed by atoms with Crippen molar-refractivity contribution >= 4 is 50.3 Å².